The summed E-state index contributed by atoms with van der Waals surface area (Å²) in [5.74, 6) is 0.114. The van der Waals surface area contributed by atoms with Crippen molar-refractivity contribution in [2.45, 2.75) is 19.8 Å². The molecule has 1 rings (SSSR count). The third-order valence-electron chi connectivity index (χ3n) is 4.60. The molecule has 1 aromatic carbocycles. The first-order valence-electron chi connectivity index (χ1n) is 9.59. The fraction of sp³-hybridized carbons (Fsp3) is 0.500. The Kier molecular flexibility index (Phi) is 11.0. The highest BCUT2D eigenvalue weighted by Crippen LogP contribution is 2.30. The van der Waals surface area contributed by atoms with Crippen LogP contribution in [0.4, 0.5) is 4.79 Å². The van der Waals surface area contributed by atoms with Crippen LogP contribution < -0.4 is 10.6 Å². The number of nitrogens with zero attached hydrogens (tertiary/aromatic N) is 1. The summed E-state index contributed by atoms with van der Waals surface area (Å²) in [7, 11) is 5.66. The number of aryl methyl sites for hydroxylation is 1. The monoisotopic (exact) mass is 389 g/mol. The van der Waals surface area contributed by atoms with Gasteiger partial charge in [0.2, 0.25) is 0 Å². The minimum atomic E-state index is -0.207. The number of carbonyl (C=O) groups is 1. The second kappa shape index (κ2) is 13.0. The lowest BCUT2D eigenvalue weighted by Gasteiger charge is -2.28. The topological polar surface area (TPSA) is 62.8 Å². The molecule has 0 bridgehead atoms. The Bertz CT molecular complexity index is 656. The zero-order chi connectivity index (χ0) is 20.9. The van der Waals surface area contributed by atoms with Crippen molar-refractivity contribution in [2.75, 3.05) is 54.1 Å². The van der Waals surface area contributed by atoms with Crippen LogP contribution in [0.3, 0.4) is 0 Å². The van der Waals surface area contributed by atoms with Crippen molar-refractivity contribution in [3.8, 4) is 0 Å². The number of hydrogen-bond acceptors (Lipinski definition) is 4. The van der Waals surface area contributed by atoms with Crippen molar-refractivity contribution >= 4 is 6.03 Å². The number of likely N-dealkylation sites (N-methyl/N-ethyl adjacent to an activating group) is 1. The number of amides is 2. The third-order valence-corrected chi connectivity index (χ3v) is 4.60. The third kappa shape index (κ3) is 7.74. The minimum Gasteiger partial charge on any atom is -0.380 e. The summed E-state index contributed by atoms with van der Waals surface area (Å²) in [6.07, 6.45) is 3.85. The summed E-state index contributed by atoms with van der Waals surface area (Å²) in [5.41, 5.74) is 4.97. The highest BCUT2D eigenvalue weighted by Gasteiger charge is 2.21. The maximum Gasteiger partial charge on any atom is 0.314 e. The number of ether oxygens (including phenoxy) is 2. The first-order valence-corrected chi connectivity index (χ1v) is 9.59. The summed E-state index contributed by atoms with van der Waals surface area (Å²) in [6.45, 7) is 10.6. The highest BCUT2D eigenvalue weighted by molar-refractivity contribution is 5.73. The number of allylic oxidation sites excluding steroid dienone is 2. The van der Waals surface area contributed by atoms with Gasteiger partial charge in [-0.05, 0) is 36.6 Å². The van der Waals surface area contributed by atoms with Crippen LogP contribution in [0.5, 0.6) is 0 Å². The zero-order valence-corrected chi connectivity index (χ0v) is 17.9. The molecule has 1 unspecified atom stereocenters. The van der Waals surface area contributed by atoms with Gasteiger partial charge >= 0.3 is 6.03 Å². The van der Waals surface area contributed by atoms with Gasteiger partial charge in [-0.1, -0.05) is 30.9 Å². The summed E-state index contributed by atoms with van der Waals surface area (Å²) >= 11 is 0. The molecule has 0 aliphatic carbocycles. The van der Waals surface area contributed by atoms with Crippen molar-refractivity contribution in [1.29, 1.82) is 0 Å². The lowest BCUT2D eigenvalue weighted by Crippen LogP contribution is -2.35. The SMILES string of the molecule is C=C/C=C(/C(COCCOCCNC(=O)NC)c1cccc(C)c1C)N(C)C. The van der Waals surface area contributed by atoms with E-state index in [4.69, 9.17) is 9.47 Å². The molecule has 0 aliphatic heterocycles. The van der Waals surface area contributed by atoms with E-state index >= 15 is 0 Å². The van der Waals surface area contributed by atoms with Gasteiger partial charge in [-0.3, -0.25) is 0 Å². The van der Waals surface area contributed by atoms with Crippen molar-refractivity contribution in [3.63, 3.8) is 0 Å². The van der Waals surface area contributed by atoms with Gasteiger partial charge in [0.25, 0.3) is 0 Å². The number of hydrogen-bond donors (Lipinski definition) is 2. The standard InChI is InChI=1S/C22H35N3O3/c1-7-9-21(25(5)6)20(19-11-8-10-17(2)18(19)3)16-28-15-14-27-13-12-24-22(26)23-4/h7-11,20H,1,12-16H2,2-6H3,(H2,23,24,26)/b21-9-. The Morgan fingerprint density at radius 3 is 2.57 bits per heavy atom. The Balaban J connectivity index is 2.65. The average molecular weight is 390 g/mol. The van der Waals surface area contributed by atoms with E-state index in [9.17, 15) is 4.79 Å². The van der Waals surface area contributed by atoms with Gasteiger partial charge in [-0.2, -0.15) is 0 Å². The predicted octanol–water partition coefficient (Wildman–Crippen LogP) is 2.98. The number of nitrogens with one attached hydrogen (secondary N) is 2. The Morgan fingerprint density at radius 2 is 1.93 bits per heavy atom. The van der Waals surface area contributed by atoms with Crippen LogP contribution in [-0.4, -0.2) is 65.0 Å². The normalized spacial score (nSPS) is 12.4. The molecule has 28 heavy (non-hydrogen) atoms. The summed E-state index contributed by atoms with van der Waals surface area (Å²) in [5, 5.41) is 5.17. The smallest absolute Gasteiger partial charge is 0.314 e. The van der Waals surface area contributed by atoms with E-state index in [1.54, 1.807) is 7.05 Å². The van der Waals surface area contributed by atoms with E-state index < -0.39 is 0 Å². The van der Waals surface area contributed by atoms with Gasteiger partial charge in [0.05, 0.1) is 26.4 Å². The molecule has 0 saturated heterocycles. The minimum absolute atomic E-state index is 0.114. The van der Waals surface area contributed by atoms with Crippen LogP contribution >= 0.6 is 0 Å². The Hall–Kier alpha value is -2.31. The molecule has 6 heteroatoms. The highest BCUT2D eigenvalue weighted by atomic mass is 16.5. The van der Waals surface area contributed by atoms with Gasteiger partial charge in [0.15, 0.2) is 0 Å². The molecule has 2 N–H and O–H groups in total. The van der Waals surface area contributed by atoms with Gasteiger partial charge in [0.1, 0.15) is 0 Å². The molecule has 1 atom stereocenters. The van der Waals surface area contributed by atoms with Crippen LogP contribution in [0.15, 0.2) is 42.6 Å². The fourth-order valence-electron chi connectivity index (χ4n) is 2.93. The van der Waals surface area contributed by atoms with Crippen LogP contribution in [0.25, 0.3) is 0 Å². The van der Waals surface area contributed by atoms with Crippen LogP contribution in [0.2, 0.25) is 0 Å². The van der Waals surface area contributed by atoms with E-state index in [1.165, 1.54) is 16.7 Å². The Morgan fingerprint density at radius 1 is 1.21 bits per heavy atom. The fourth-order valence-corrected chi connectivity index (χ4v) is 2.93. The maximum atomic E-state index is 11.1. The summed E-state index contributed by atoms with van der Waals surface area (Å²) in [4.78, 5) is 13.2. The number of rotatable bonds is 12. The molecule has 0 aromatic heterocycles. The van der Waals surface area contributed by atoms with Crippen molar-refractivity contribution in [1.82, 2.24) is 15.5 Å². The summed E-state index contributed by atoms with van der Waals surface area (Å²) in [6, 6.07) is 6.18. The zero-order valence-electron chi connectivity index (χ0n) is 17.9. The molecule has 156 valence electrons. The lowest BCUT2D eigenvalue weighted by molar-refractivity contribution is 0.0447. The second-order valence-corrected chi connectivity index (χ2v) is 6.76. The first kappa shape index (κ1) is 23.7. The van der Waals surface area contributed by atoms with Crippen molar-refractivity contribution in [3.05, 3.63) is 59.3 Å². The number of urea groups is 1. The van der Waals surface area contributed by atoms with E-state index in [1.807, 2.05) is 26.2 Å². The molecular formula is C22H35N3O3. The largest absolute Gasteiger partial charge is 0.380 e. The molecule has 0 spiro atoms. The average Bonchev–Trinajstić information content (AvgIpc) is 2.67. The molecule has 0 heterocycles. The second-order valence-electron chi connectivity index (χ2n) is 6.76. The van der Waals surface area contributed by atoms with Gasteiger partial charge in [0, 0.05) is 39.3 Å². The van der Waals surface area contributed by atoms with Gasteiger partial charge in [-0.15, -0.1) is 0 Å². The number of benzene rings is 1. The molecular weight excluding hydrogens is 354 g/mol. The van der Waals surface area contributed by atoms with Gasteiger partial charge < -0.3 is 25.0 Å². The molecule has 2 amide bonds. The Labute approximate surface area is 169 Å². The quantitative estimate of drug-likeness (QED) is 0.426. The molecule has 0 radical (unpaired) electrons. The molecule has 0 saturated carbocycles. The van der Waals surface area contributed by atoms with Gasteiger partial charge in [-0.25, -0.2) is 4.79 Å². The molecule has 0 fully saturated rings. The van der Waals surface area contributed by atoms with Crippen molar-refractivity contribution < 1.29 is 14.3 Å². The lowest BCUT2D eigenvalue weighted by atomic mass is 9.89. The molecule has 0 aliphatic rings. The summed E-state index contributed by atoms with van der Waals surface area (Å²) < 4.78 is 11.5. The molecule has 1 aromatic rings. The maximum absolute atomic E-state index is 11.1. The number of carbonyl (C=O) groups excluding carboxylic acids is 1. The van der Waals surface area contributed by atoms with Crippen molar-refractivity contribution in [2.24, 2.45) is 0 Å². The first-order chi connectivity index (χ1) is 13.4. The van der Waals surface area contributed by atoms with Crippen LogP contribution in [-0.2, 0) is 9.47 Å². The molecule has 6 nitrogen and oxygen atoms in total. The van der Waals surface area contributed by atoms with Crippen LogP contribution in [0, 0.1) is 13.8 Å². The van der Waals surface area contributed by atoms with E-state index in [2.05, 4.69) is 54.2 Å². The van der Waals surface area contributed by atoms with E-state index in [0.717, 1.165) is 5.70 Å². The van der Waals surface area contributed by atoms with E-state index in [-0.39, 0.29) is 11.9 Å². The predicted molar refractivity (Wildman–Crippen MR) is 115 cm³/mol. The van der Waals surface area contributed by atoms with Crippen LogP contribution in [0.1, 0.15) is 22.6 Å². The van der Waals surface area contributed by atoms with E-state index in [0.29, 0.717) is 33.0 Å².